The minimum atomic E-state index is 0.469. The van der Waals surface area contributed by atoms with Crippen molar-refractivity contribution in [1.82, 2.24) is 24.6 Å². The molecule has 2 aromatic heterocycles. The lowest BCUT2D eigenvalue weighted by Crippen LogP contribution is -2.38. The lowest BCUT2D eigenvalue weighted by atomic mass is 10.3. The Bertz CT molecular complexity index is 848. The van der Waals surface area contributed by atoms with Crippen LogP contribution in [0, 0.1) is 0 Å². The summed E-state index contributed by atoms with van der Waals surface area (Å²) < 4.78 is 13.0. The predicted octanol–water partition coefficient (Wildman–Crippen LogP) is 2.54. The van der Waals surface area contributed by atoms with E-state index >= 15 is 0 Å². The summed E-state index contributed by atoms with van der Waals surface area (Å²) in [6.45, 7) is 5.37. The van der Waals surface area contributed by atoms with Gasteiger partial charge in [0.2, 0.25) is 11.8 Å². The van der Waals surface area contributed by atoms with Gasteiger partial charge >= 0.3 is 0 Å². The van der Waals surface area contributed by atoms with Crippen LogP contribution in [0.3, 0.4) is 0 Å². The first kappa shape index (κ1) is 17.4. The van der Waals surface area contributed by atoms with Gasteiger partial charge in [-0.25, -0.2) is 4.98 Å². The summed E-state index contributed by atoms with van der Waals surface area (Å²) in [7, 11) is 0. The smallest absolute Gasteiger partial charge is 0.230 e. The number of rotatable bonds is 7. The van der Waals surface area contributed by atoms with Gasteiger partial charge in [0.25, 0.3) is 0 Å². The third-order valence-electron chi connectivity index (χ3n) is 4.23. The van der Waals surface area contributed by atoms with E-state index in [0.717, 1.165) is 50.8 Å². The number of hydrogen-bond acceptors (Lipinski definition) is 7. The van der Waals surface area contributed by atoms with Crippen molar-refractivity contribution in [2.24, 2.45) is 0 Å². The molecule has 1 aliphatic heterocycles. The Kier molecular flexibility index (Phi) is 5.56. The van der Waals surface area contributed by atoms with Crippen LogP contribution in [0.2, 0.25) is 0 Å². The highest BCUT2D eigenvalue weighted by molar-refractivity contribution is 5.50. The molecule has 0 unspecified atom stereocenters. The van der Waals surface area contributed by atoms with Gasteiger partial charge in [0.1, 0.15) is 5.75 Å². The van der Waals surface area contributed by atoms with Gasteiger partial charge in [0, 0.05) is 38.1 Å². The van der Waals surface area contributed by atoms with Crippen LogP contribution in [0.25, 0.3) is 0 Å². The van der Waals surface area contributed by atoms with Crippen molar-refractivity contribution in [3.63, 3.8) is 0 Å². The molecule has 8 nitrogen and oxygen atoms in total. The van der Waals surface area contributed by atoms with Crippen molar-refractivity contribution in [3.8, 4) is 11.6 Å². The molecule has 3 heterocycles. The first-order valence-corrected chi connectivity index (χ1v) is 9.01. The Morgan fingerprint density at radius 3 is 2.78 bits per heavy atom. The third kappa shape index (κ3) is 5.02. The van der Waals surface area contributed by atoms with Crippen molar-refractivity contribution >= 4 is 11.6 Å². The fourth-order valence-corrected chi connectivity index (χ4v) is 2.82. The third-order valence-corrected chi connectivity index (χ3v) is 4.23. The molecule has 3 aromatic rings. The van der Waals surface area contributed by atoms with Crippen molar-refractivity contribution in [3.05, 3.63) is 55.0 Å². The molecule has 0 spiro atoms. The van der Waals surface area contributed by atoms with E-state index < -0.39 is 0 Å². The molecule has 4 rings (SSSR count). The molecular formula is C19H22N6O2. The van der Waals surface area contributed by atoms with E-state index in [9.17, 15) is 0 Å². The van der Waals surface area contributed by atoms with Crippen molar-refractivity contribution in [2.45, 2.75) is 6.54 Å². The Hall–Kier alpha value is -2.97. The summed E-state index contributed by atoms with van der Waals surface area (Å²) in [6.07, 6.45) is 5.39. The average molecular weight is 366 g/mol. The van der Waals surface area contributed by atoms with E-state index in [0.29, 0.717) is 11.8 Å². The summed E-state index contributed by atoms with van der Waals surface area (Å²) in [5, 5.41) is 7.57. The van der Waals surface area contributed by atoms with Gasteiger partial charge in [-0.3, -0.25) is 9.58 Å². The lowest BCUT2D eigenvalue weighted by molar-refractivity contribution is 0.0360. The van der Waals surface area contributed by atoms with Gasteiger partial charge in [-0.05, 0) is 12.1 Å². The maximum Gasteiger partial charge on any atom is 0.230 e. The number of morpholine rings is 1. The predicted molar refractivity (Wildman–Crippen MR) is 101 cm³/mol. The van der Waals surface area contributed by atoms with E-state index in [1.54, 1.807) is 18.5 Å². The van der Waals surface area contributed by atoms with E-state index in [2.05, 4.69) is 25.3 Å². The quantitative estimate of drug-likeness (QED) is 0.688. The zero-order valence-electron chi connectivity index (χ0n) is 15.0. The van der Waals surface area contributed by atoms with Crippen LogP contribution in [0.15, 0.2) is 55.0 Å². The zero-order chi connectivity index (χ0) is 18.3. The number of aromatic nitrogens is 4. The minimum Gasteiger partial charge on any atom is -0.439 e. The first-order chi connectivity index (χ1) is 13.3. The Balaban J connectivity index is 1.34. The minimum absolute atomic E-state index is 0.469. The second-order valence-electron chi connectivity index (χ2n) is 6.20. The van der Waals surface area contributed by atoms with Gasteiger partial charge in [-0.2, -0.15) is 10.1 Å². The van der Waals surface area contributed by atoms with Crippen LogP contribution in [-0.2, 0) is 11.3 Å². The highest BCUT2D eigenvalue weighted by Gasteiger charge is 2.10. The van der Waals surface area contributed by atoms with Gasteiger partial charge in [0.05, 0.1) is 31.6 Å². The molecule has 8 heteroatoms. The molecule has 0 amide bonds. The average Bonchev–Trinajstić information content (AvgIpc) is 3.16. The number of nitrogens with zero attached hydrogens (tertiary/aromatic N) is 5. The molecule has 1 aromatic carbocycles. The fraction of sp³-hybridized carbons (Fsp3) is 0.316. The molecule has 1 saturated heterocycles. The Labute approximate surface area is 157 Å². The van der Waals surface area contributed by atoms with Crippen molar-refractivity contribution in [1.29, 1.82) is 0 Å². The second-order valence-corrected chi connectivity index (χ2v) is 6.20. The number of para-hydroxylation sites is 1. The van der Waals surface area contributed by atoms with Crippen LogP contribution in [0.5, 0.6) is 11.6 Å². The maximum atomic E-state index is 5.74. The summed E-state index contributed by atoms with van der Waals surface area (Å²) in [5.41, 5.74) is 0.842. The van der Waals surface area contributed by atoms with Crippen LogP contribution in [0.1, 0.15) is 0 Å². The number of anilines is 2. The van der Waals surface area contributed by atoms with Gasteiger partial charge in [0.15, 0.2) is 0 Å². The number of benzene rings is 1. The molecule has 1 aliphatic rings. The molecule has 0 radical (unpaired) electrons. The van der Waals surface area contributed by atoms with Crippen LogP contribution >= 0.6 is 0 Å². The summed E-state index contributed by atoms with van der Waals surface area (Å²) >= 11 is 0. The number of ether oxygens (including phenoxy) is 2. The maximum absolute atomic E-state index is 5.74. The molecule has 0 aliphatic carbocycles. The van der Waals surface area contributed by atoms with Crippen LogP contribution < -0.4 is 10.1 Å². The topological polar surface area (TPSA) is 77.3 Å². The summed E-state index contributed by atoms with van der Waals surface area (Å²) in [4.78, 5) is 11.0. The summed E-state index contributed by atoms with van der Waals surface area (Å²) in [5.74, 6) is 1.69. The zero-order valence-corrected chi connectivity index (χ0v) is 15.0. The van der Waals surface area contributed by atoms with E-state index in [-0.39, 0.29) is 0 Å². The van der Waals surface area contributed by atoms with Crippen LogP contribution in [0.4, 0.5) is 11.6 Å². The molecule has 0 saturated carbocycles. The lowest BCUT2D eigenvalue weighted by Gasteiger charge is -2.26. The fourth-order valence-electron chi connectivity index (χ4n) is 2.82. The largest absolute Gasteiger partial charge is 0.439 e. The monoisotopic (exact) mass is 366 g/mol. The molecule has 0 bridgehead atoms. The summed E-state index contributed by atoms with van der Waals surface area (Å²) in [6, 6.07) is 11.3. The van der Waals surface area contributed by atoms with Gasteiger partial charge in [-0.15, -0.1) is 0 Å². The standard InChI is InChI=1S/C19H22N6O2/c1-2-4-17(5-3-1)27-18-6-7-20-19(23-18)22-16-14-21-25(15-16)9-8-24-10-12-26-13-11-24/h1-7,14-15H,8-13H2,(H,20,22,23). The Morgan fingerprint density at radius 2 is 1.93 bits per heavy atom. The molecule has 1 fully saturated rings. The van der Waals surface area contributed by atoms with Crippen molar-refractivity contribution in [2.75, 3.05) is 38.2 Å². The van der Waals surface area contributed by atoms with E-state index in [4.69, 9.17) is 9.47 Å². The normalized spacial score (nSPS) is 14.8. The van der Waals surface area contributed by atoms with Gasteiger partial charge in [-0.1, -0.05) is 18.2 Å². The number of hydrogen-bond donors (Lipinski definition) is 1. The molecular weight excluding hydrogens is 344 g/mol. The molecule has 0 atom stereocenters. The molecule has 27 heavy (non-hydrogen) atoms. The first-order valence-electron chi connectivity index (χ1n) is 9.01. The molecule has 1 N–H and O–H groups in total. The van der Waals surface area contributed by atoms with Gasteiger partial charge < -0.3 is 14.8 Å². The highest BCUT2D eigenvalue weighted by atomic mass is 16.5. The second kappa shape index (κ2) is 8.61. The SMILES string of the molecule is c1ccc(Oc2ccnc(Nc3cnn(CCN4CCOCC4)c3)n2)cc1. The highest BCUT2D eigenvalue weighted by Crippen LogP contribution is 2.20. The number of nitrogens with one attached hydrogen (secondary N) is 1. The van der Waals surface area contributed by atoms with Crippen molar-refractivity contribution < 1.29 is 9.47 Å². The van der Waals surface area contributed by atoms with E-state index in [1.807, 2.05) is 41.2 Å². The van der Waals surface area contributed by atoms with E-state index in [1.165, 1.54) is 0 Å². The Morgan fingerprint density at radius 1 is 1.07 bits per heavy atom. The molecule has 140 valence electrons. The van der Waals surface area contributed by atoms with Crippen LogP contribution in [-0.4, -0.2) is 57.5 Å².